The molecule has 4 nitrogen and oxygen atoms in total. The Kier molecular flexibility index (Phi) is 1.93. The molecule has 0 amide bonds. The minimum absolute atomic E-state index is 0.339. The third kappa shape index (κ3) is 0.967. The molecule has 82 valence electrons. The molecule has 0 aromatic carbocycles. The first-order valence-electron chi connectivity index (χ1n) is 4.94. The zero-order valence-corrected chi connectivity index (χ0v) is 9.07. The number of rotatable bonds is 1. The van der Waals surface area contributed by atoms with Gasteiger partial charge < -0.3 is 9.47 Å². The van der Waals surface area contributed by atoms with Crippen LogP contribution in [0, 0.1) is 10.8 Å². The van der Waals surface area contributed by atoms with Gasteiger partial charge in [-0.05, 0) is 13.8 Å². The topological polar surface area (TPSA) is 52.6 Å². The average Bonchev–Trinajstić information content (AvgIpc) is 2.36. The van der Waals surface area contributed by atoms with E-state index >= 15 is 0 Å². The molecule has 0 saturated carbocycles. The van der Waals surface area contributed by atoms with Crippen LogP contribution in [0.1, 0.15) is 20.3 Å². The fourth-order valence-electron chi connectivity index (χ4n) is 2.42. The molecule has 2 rings (SSSR count). The molecule has 0 spiro atoms. The number of esters is 2. The van der Waals surface area contributed by atoms with E-state index in [1.165, 1.54) is 7.11 Å². The van der Waals surface area contributed by atoms with Gasteiger partial charge in [0, 0.05) is 6.42 Å². The van der Waals surface area contributed by atoms with Gasteiger partial charge in [-0.3, -0.25) is 9.59 Å². The lowest BCUT2D eigenvalue weighted by Crippen LogP contribution is -2.49. The Labute approximate surface area is 88.2 Å². The quantitative estimate of drug-likeness (QED) is 0.479. The highest BCUT2D eigenvalue weighted by Gasteiger charge is 2.67. The van der Waals surface area contributed by atoms with Gasteiger partial charge in [-0.2, -0.15) is 0 Å². The van der Waals surface area contributed by atoms with Crippen molar-refractivity contribution in [1.29, 1.82) is 0 Å². The van der Waals surface area contributed by atoms with E-state index in [0.29, 0.717) is 6.42 Å². The van der Waals surface area contributed by atoms with Crippen LogP contribution in [-0.2, 0) is 19.1 Å². The molecule has 0 N–H and O–H groups in total. The van der Waals surface area contributed by atoms with Gasteiger partial charge >= 0.3 is 11.9 Å². The molecule has 1 fully saturated rings. The van der Waals surface area contributed by atoms with E-state index in [4.69, 9.17) is 9.47 Å². The second-order valence-electron chi connectivity index (χ2n) is 4.43. The van der Waals surface area contributed by atoms with Crippen LogP contribution in [0.25, 0.3) is 0 Å². The molecule has 4 heteroatoms. The molecule has 2 aliphatic rings. The number of hydrogen-bond donors (Lipinski definition) is 0. The van der Waals surface area contributed by atoms with Crippen LogP contribution < -0.4 is 0 Å². The minimum Gasteiger partial charge on any atom is -0.468 e. The second-order valence-corrected chi connectivity index (χ2v) is 4.43. The predicted molar refractivity (Wildman–Crippen MR) is 51.9 cm³/mol. The molecule has 0 radical (unpaired) electrons. The van der Waals surface area contributed by atoms with Gasteiger partial charge in [0.25, 0.3) is 0 Å². The lowest BCUT2D eigenvalue weighted by atomic mass is 9.61. The smallest absolute Gasteiger partial charge is 0.317 e. The molecule has 0 aromatic heterocycles. The number of carbonyl (C=O) groups excluding carboxylic acids is 2. The Morgan fingerprint density at radius 1 is 1.60 bits per heavy atom. The van der Waals surface area contributed by atoms with Gasteiger partial charge in [0.05, 0.1) is 7.11 Å². The third-order valence-corrected chi connectivity index (χ3v) is 3.81. The van der Waals surface area contributed by atoms with E-state index in [2.05, 4.69) is 0 Å². The Bertz CT molecular complexity index is 360. The molecular weight excluding hydrogens is 196 g/mol. The van der Waals surface area contributed by atoms with E-state index < -0.39 is 16.9 Å². The van der Waals surface area contributed by atoms with Crippen molar-refractivity contribution in [3.8, 4) is 0 Å². The summed E-state index contributed by atoms with van der Waals surface area (Å²) in [4.78, 5) is 23.5. The summed E-state index contributed by atoms with van der Waals surface area (Å²) in [6.45, 7) is 3.46. The molecule has 2 bridgehead atoms. The maximum Gasteiger partial charge on any atom is 0.317 e. The molecule has 15 heavy (non-hydrogen) atoms. The van der Waals surface area contributed by atoms with Gasteiger partial charge in [-0.15, -0.1) is 0 Å². The summed E-state index contributed by atoms with van der Waals surface area (Å²) in [6.07, 6.45) is 3.83. The number of ether oxygens (including phenoxy) is 2. The summed E-state index contributed by atoms with van der Waals surface area (Å²) in [7, 11) is 1.33. The number of hydrogen-bond acceptors (Lipinski definition) is 4. The zero-order valence-electron chi connectivity index (χ0n) is 9.07. The summed E-state index contributed by atoms with van der Waals surface area (Å²) in [6, 6.07) is 0. The van der Waals surface area contributed by atoms with Crippen LogP contribution in [0.5, 0.6) is 0 Å². The Morgan fingerprint density at radius 3 is 2.80 bits per heavy atom. The number of methoxy groups -OCH3 is 1. The summed E-state index contributed by atoms with van der Waals surface area (Å²) in [5.41, 5.74) is -1.78. The van der Waals surface area contributed by atoms with Crippen LogP contribution in [0.3, 0.4) is 0 Å². The van der Waals surface area contributed by atoms with Crippen molar-refractivity contribution >= 4 is 11.9 Å². The maximum absolute atomic E-state index is 11.8. The summed E-state index contributed by atoms with van der Waals surface area (Å²) >= 11 is 0. The van der Waals surface area contributed by atoms with Crippen molar-refractivity contribution in [2.75, 3.05) is 7.11 Å². The van der Waals surface area contributed by atoms with Crippen LogP contribution in [0.4, 0.5) is 0 Å². The van der Waals surface area contributed by atoms with Crippen molar-refractivity contribution in [3.05, 3.63) is 12.2 Å². The third-order valence-electron chi connectivity index (χ3n) is 3.81. The largest absolute Gasteiger partial charge is 0.468 e. The van der Waals surface area contributed by atoms with Gasteiger partial charge in [0.2, 0.25) is 0 Å². The predicted octanol–water partition coefficient (Wildman–Crippen LogP) is 1.06. The van der Waals surface area contributed by atoms with Crippen LogP contribution in [0.2, 0.25) is 0 Å². The second kappa shape index (κ2) is 2.84. The highest BCUT2D eigenvalue weighted by molar-refractivity contribution is 5.93. The lowest BCUT2D eigenvalue weighted by molar-refractivity contribution is -0.159. The van der Waals surface area contributed by atoms with E-state index in [0.717, 1.165) is 0 Å². The fourth-order valence-corrected chi connectivity index (χ4v) is 2.42. The van der Waals surface area contributed by atoms with Crippen molar-refractivity contribution < 1.29 is 19.1 Å². The Balaban J connectivity index is 2.54. The lowest BCUT2D eigenvalue weighted by Gasteiger charge is -2.37. The molecule has 3 unspecified atom stereocenters. The molecule has 1 aliphatic heterocycles. The fraction of sp³-hybridized carbons (Fsp3) is 0.636. The van der Waals surface area contributed by atoms with Gasteiger partial charge in [0.15, 0.2) is 0 Å². The molecular formula is C11H14O4. The highest BCUT2D eigenvalue weighted by atomic mass is 16.6. The van der Waals surface area contributed by atoms with Crippen molar-refractivity contribution in [3.63, 3.8) is 0 Å². The summed E-state index contributed by atoms with van der Waals surface area (Å²) in [5.74, 6) is -0.723. The van der Waals surface area contributed by atoms with Gasteiger partial charge in [-0.1, -0.05) is 12.2 Å². The number of carbonyl (C=O) groups is 2. The summed E-state index contributed by atoms with van der Waals surface area (Å²) in [5, 5.41) is 0. The Hall–Kier alpha value is -1.32. The molecule has 1 heterocycles. The molecule has 0 aromatic rings. The standard InChI is InChI=1S/C11H14O4/c1-10-6-4-5-7(15-8(10)12)11(10,2)9(13)14-3/h4,6-7H,5H2,1-3H3. The average molecular weight is 210 g/mol. The van der Waals surface area contributed by atoms with Crippen molar-refractivity contribution in [1.82, 2.24) is 0 Å². The summed E-state index contributed by atoms with van der Waals surface area (Å²) < 4.78 is 10.0. The first kappa shape index (κ1) is 10.2. The van der Waals surface area contributed by atoms with E-state index in [-0.39, 0.29) is 11.9 Å². The monoisotopic (exact) mass is 210 g/mol. The first-order valence-corrected chi connectivity index (χ1v) is 4.94. The van der Waals surface area contributed by atoms with Crippen LogP contribution in [0.15, 0.2) is 12.2 Å². The normalized spacial score (nSPS) is 42.6. The number of fused-ring (bicyclic) bond motifs is 2. The van der Waals surface area contributed by atoms with E-state index in [1.54, 1.807) is 19.9 Å². The molecule has 1 saturated heterocycles. The van der Waals surface area contributed by atoms with Gasteiger partial charge in [0.1, 0.15) is 16.9 Å². The minimum atomic E-state index is -0.895. The Morgan fingerprint density at radius 2 is 2.27 bits per heavy atom. The van der Waals surface area contributed by atoms with Crippen molar-refractivity contribution in [2.24, 2.45) is 10.8 Å². The van der Waals surface area contributed by atoms with E-state index in [9.17, 15) is 9.59 Å². The molecule has 3 atom stereocenters. The van der Waals surface area contributed by atoms with Crippen LogP contribution in [-0.4, -0.2) is 25.2 Å². The molecule has 1 aliphatic carbocycles. The first-order chi connectivity index (χ1) is 6.96. The van der Waals surface area contributed by atoms with E-state index in [1.807, 2.05) is 6.08 Å². The maximum atomic E-state index is 11.8. The van der Waals surface area contributed by atoms with Gasteiger partial charge in [-0.25, -0.2) is 0 Å². The highest BCUT2D eigenvalue weighted by Crippen LogP contribution is 2.55. The zero-order chi connectivity index (χ0) is 11.3. The van der Waals surface area contributed by atoms with Crippen molar-refractivity contribution in [2.45, 2.75) is 26.4 Å². The SMILES string of the molecule is COC(=O)C1(C)C2CC=CC1(C)C(=O)O2. The van der Waals surface area contributed by atoms with Crippen LogP contribution >= 0.6 is 0 Å².